The van der Waals surface area contributed by atoms with Crippen LogP contribution in [0.25, 0.3) is 0 Å². The molecule has 0 aliphatic heterocycles. The van der Waals surface area contributed by atoms with E-state index in [-0.39, 0.29) is 0 Å². The van der Waals surface area contributed by atoms with Crippen LogP contribution in [-0.4, -0.2) is 6.04 Å². The van der Waals surface area contributed by atoms with Gasteiger partial charge >= 0.3 is 0 Å². The van der Waals surface area contributed by atoms with Gasteiger partial charge in [0.05, 0.1) is 0 Å². The zero-order valence-corrected chi connectivity index (χ0v) is 11.2. The Morgan fingerprint density at radius 1 is 1.21 bits per heavy atom. The fraction of sp³-hybridized carbons (Fsp3) is 0.500. The van der Waals surface area contributed by atoms with Crippen LogP contribution < -0.4 is 5.32 Å². The summed E-state index contributed by atoms with van der Waals surface area (Å²) in [4.78, 5) is 0. The van der Waals surface area contributed by atoms with Gasteiger partial charge in [0.2, 0.25) is 0 Å². The first-order valence-corrected chi connectivity index (χ1v) is 6.23. The number of rotatable bonds is 4. The van der Waals surface area contributed by atoms with E-state index in [1.165, 1.54) is 15.6 Å². The maximum Gasteiger partial charge on any atom is 0.0294 e. The quantitative estimate of drug-likeness (QED) is 0.836. The lowest BCUT2D eigenvalue weighted by Crippen LogP contribution is -2.28. The van der Waals surface area contributed by atoms with Crippen LogP contribution in [0.15, 0.2) is 24.3 Å². The normalized spacial score (nSPS) is 15.1. The van der Waals surface area contributed by atoms with E-state index >= 15 is 0 Å². The molecule has 1 aromatic carbocycles. The molecular weight excluding hydrogens is 285 g/mol. The van der Waals surface area contributed by atoms with Gasteiger partial charge in [-0.3, -0.25) is 0 Å². The first-order valence-electron chi connectivity index (χ1n) is 5.15. The number of hydrogen-bond acceptors (Lipinski definition) is 1. The van der Waals surface area contributed by atoms with E-state index in [4.69, 9.17) is 0 Å². The van der Waals surface area contributed by atoms with Crippen molar-refractivity contribution in [3.05, 3.63) is 33.4 Å². The Morgan fingerprint density at radius 2 is 1.79 bits per heavy atom. The van der Waals surface area contributed by atoms with Gasteiger partial charge in [-0.05, 0) is 60.6 Å². The molecule has 0 bridgehead atoms. The molecule has 0 aliphatic rings. The summed E-state index contributed by atoms with van der Waals surface area (Å²) < 4.78 is 1.29. The molecule has 14 heavy (non-hydrogen) atoms. The number of benzene rings is 1. The Bertz CT molecular complexity index is 268. The van der Waals surface area contributed by atoms with Crippen LogP contribution in [0.4, 0.5) is 0 Å². The highest BCUT2D eigenvalue weighted by molar-refractivity contribution is 14.1. The van der Waals surface area contributed by atoms with E-state index in [1.807, 2.05) is 0 Å². The van der Waals surface area contributed by atoms with Crippen molar-refractivity contribution in [3.8, 4) is 0 Å². The van der Waals surface area contributed by atoms with Crippen molar-refractivity contribution in [1.82, 2.24) is 5.32 Å². The van der Waals surface area contributed by atoms with E-state index < -0.39 is 0 Å². The first kappa shape index (κ1) is 12.0. The third-order valence-corrected chi connectivity index (χ3v) is 3.24. The SMILES string of the molecule is CC[C@H](C)N[C@H](C)c1ccc(I)cc1. The molecule has 0 spiro atoms. The molecule has 78 valence electrons. The lowest BCUT2D eigenvalue weighted by atomic mass is 10.1. The third kappa shape index (κ3) is 3.58. The van der Waals surface area contributed by atoms with Gasteiger partial charge in [0.1, 0.15) is 0 Å². The summed E-state index contributed by atoms with van der Waals surface area (Å²) in [6.45, 7) is 6.65. The second kappa shape index (κ2) is 5.71. The number of hydrogen-bond donors (Lipinski definition) is 1. The molecule has 0 radical (unpaired) electrons. The molecule has 0 unspecified atom stereocenters. The molecular formula is C12H18IN. The third-order valence-electron chi connectivity index (χ3n) is 2.52. The standard InChI is InChI=1S/C12H18IN/c1-4-9(2)14-10(3)11-5-7-12(13)8-6-11/h5-10,14H,4H2,1-3H3/t9-,10+/m0/s1. The fourth-order valence-electron chi connectivity index (χ4n) is 1.39. The number of halogens is 1. The second-order valence-corrected chi connectivity index (χ2v) is 4.99. The maximum atomic E-state index is 3.56. The Labute approximate surface area is 100 Å². The molecule has 2 heteroatoms. The molecule has 2 atom stereocenters. The molecule has 1 rings (SSSR count). The van der Waals surface area contributed by atoms with Gasteiger partial charge in [-0.2, -0.15) is 0 Å². The highest BCUT2D eigenvalue weighted by Gasteiger charge is 2.07. The van der Waals surface area contributed by atoms with Crippen LogP contribution in [0.5, 0.6) is 0 Å². The van der Waals surface area contributed by atoms with Gasteiger partial charge in [0.25, 0.3) is 0 Å². The van der Waals surface area contributed by atoms with Gasteiger partial charge in [-0.25, -0.2) is 0 Å². The largest absolute Gasteiger partial charge is 0.308 e. The van der Waals surface area contributed by atoms with Crippen molar-refractivity contribution >= 4 is 22.6 Å². The highest BCUT2D eigenvalue weighted by atomic mass is 127. The molecule has 0 aromatic heterocycles. The zero-order chi connectivity index (χ0) is 10.6. The first-order chi connectivity index (χ1) is 6.63. The maximum absolute atomic E-state index is 3.56. The van der Waals surface area contributed by atoms with Crippen molar-refractivity contribution in [2.45, 2.75) is 39.3 Å². The molecule has 0 saturated carbocycles. The van der Waals surface area contributed by atoms with Gasteiger partial charge in [0, 0.05) is 15.7 Å². The van der Waals surface area contributed by atoms with Crippen LogP contribution in [0.2, 0.25) is 0 Å². The molecule has 0 amide bonds. The van der Waals surface area contributed by atoms with Crippen molar-refractivity contribution in [2.75, 3.05) is 0 Å². The Balaban J connectivity index is 2.60. The molecule has 0 fully saturated rings. The summed E-state index contributed by atoms with van der Waals surface area (Å²) in [7, 11) is 0. The smallest absolute Gasteiger partial charge is 0.0294 e. The molecule has 0 aliphatic carbocycles. The van der Waals surface area contributed by atoms with Gasteiger partial charge in [0.15, 0.2) is 0 Å². The average Bonchev–Trinajstić information content (AvgIpc) is 2.18. The average molecular weight is 303 g/mol. The molecule has 0 heterocycles. The van der Waals surface area contributed by atoms with Gasteiger partial charge in [-0.1, -0.05) is 19.1 Å². The highest BCUT2D eigenvalue weighted by Crippen LogP contribution is 2.15. The van der Waals surface area contributed by atoms with Crippen molar-refractivity contribution < 1.29 is 0 Å². The van der Waals surface area contributed by atoms with Crippen molar-refractivity contribution in [1.29, 1.82) is 0 Å². The minimum Gasteiger partial charge on any atom is -0.308 e. The molecule has 1 N–H and O–H groups in total. The van der Waals surface area contributed by atoms with E-state index in [1.54, 1.807) is 0 Å². The summed E-state index contributed by atoms with van der Waals surface area (Å²) in [6.07, 6.45) is 1.18. The Kier molecular flexibility index (Phi) is 4.89. The van der Waals surface area contributed by atoms with Crippen LogP contribution in [0.3, 0.4) is 0 Å². The van der Waals surface area contributed by atoms with E-state index in [0.717, 1.165) is 0 Å². The lowest BCUT2D eigenvalue weighted by Gasteiger charge is -2.19. The molecule has 1 nitrogen and oxygen atoms in total. The topological polar surface area (TPSA) is 12.0 Å². The van der Waals surface area contributed by atoms with E-state index in [2.05, 4.69) is 72.9 Å². The van der Waals surface area contributed by atoms with E-state index in [0.29, 0.717) is 12.1 Å². The number of nitrogens with one attached hydrogen (secondary N) is 1. The summed E-state index contributed by atoms with van der Waals surface area (Å²) >= 11 is 2.33. The van der Waals surface area contributed by atoms with Crippen LogP contribution in [0.1, 0.15) is 38.8 Å². The predicted octanol–water partition coefficient (Wildman–Crippen LogP) is 3.74. The van der Waals surface area contributed by atoms with Crippen LogP contribution >= 0.6 is 22.6 Å². The van der Waals surface area contributed by atoms with E-state index in [9.17, 15) is 0 Å². The second-order valence-electron chi connectivity index (χ2n) is 3.75. The monoisotopic (exact) mass is 303 g/mol. The lowest BCUT2D eigenvalue weighted by molar-refractivity contribution is 0.469. The summed E-state index contributed by atoms with van der Waals surface area (Å²) in [5, 5.41) is 3.56. The van der Waals surface area contributed by atoms with Crippen LogP contribution in [-0.2, 0) is 0 Å². The zero-order valence-electron chi connectivity index (χ0n) is 9.05. The summed E-state index contributed by atoms with van der Waals surface area (Å²) in [6, 6.07) is 9.74. The fourth-order valence-corrected chi connectivity index (χ4v) is 1.75. The molecule has 1 aromatic rings. The van der Waals surface area contributed by atoms with Crippen LogP contribution in [0, 0.1) is 3.57 Å². The van der Waals surface area contributed by atoms with Gasteiger partial charge in [-0.15, -0.1) is 0 Å². The van der Waals surface area contributed by atoms with Crippen molar-refractivity contribution in [2.24, 2.45) is 0 Å². The van der Waals surface area contributed by atoms with Gasteiger partial charge < -0.3 is 5.32 Å². The van der Waals surface area contributed by atoms with Crippen molar-refractivity contribution in [3.63, 3.8) is 0 Å². The minimum atomic E-state index is 0.446. The summed E-state index contributed by atoms with van der Waals surface area (Å²) in [5.41, 5.74) is 1.37. The molecule has 0 saturated heterocycles. The Morgan fingerprint density at radius 3 is 2.29 bits per heavy atom. The minimum absolute atomic E-state index is 0.446. The predicted molar refractivity (Wildman–Crippen MR) is 70.5 cm³/mol. The summed E-state index contributed by atoms with van der Waals surface area (Å²) in [5.74, 6) is 0. The Hall–Kier alpha value is -0.0900.